The van der Waals surface area contributed by atoms with Gasteiger partial charge in [-0.05, 0) is 31.7 Å². The van der Waals surface area contributed by atoms with Gasteiger partial charge < -0.3 is 9.88 Å². The van der Waals surface area contributed by atoms with Crippen molar-refractivity contribution in [3.63, 3.8) is 0 Å². The fourth-order valence-corrected chi connectivity index (χ4v) is 2.96. The van der Waals surface area contributed by atoms with Crippen molar-refractivity contribution in [1.82, 2.24) is 14.9 Å². The van der Waals surface area contributed by atoms with Gasteiger partial charge in [-0.2, -0.15) is 0 Å². The van der Waals surface area contributed by atoms with E-state index in [0.29, 0.717) is 0 Å². The van der Waals surface area contributed by atoms with E-state index in [2.05, 4.69) is 37.7 Å². The van der Waals surface area contributed by atoms with Gasteiger partial charge in [-0.25, -0.2) is 4.98 Å². The first-order chi connectivity index (χ1) is 9.15. The molecule has 0 saturated carbocycles. The highest BCUT2D eigenvalue weighted by Gasteiger charge is 2.16. The zero-order valence-corrected chi connectivity index (χ0v) is 13.4. The summed E-state index contributed by atoms with van der Waals surface area (Å²) in [5.41, 5.74) is 1.10. The summed E-state index contributed by atoms with van der Waals surface area (Å²) >= 11 is 9.75. The van der Waals surface area contributed by atoms with Crippen molar-refractivity contribution in [2.24, 2.45) is 0 Å². The van der Waals surface area contributed by atoms with E-state index in [1.807, 2.05) is 37.6 Å². The van der Waals surface area contributed by atoms with Gasteiger partial charge in [-0.3, -0.25) is 0 Å². The Morgan fingerprint density at radius 1 is 1.47 bits per heavy atom. The minimum absolute atomic E-state index is 0.160. The van der Waals surface area contributed by atoms with Crippen LogP contribution >= 0.6 is 27.5 Å². The lowest BCUT2D eigenvalue weighted by Crippen LogP contribution is -2.21. The van der Waals surface area contributed by atoms with E-state index in [1.165, 1.54) is 0 Å². The van der Waals surface area contributed by atoms with E-state index in [0.717, 1.165) is 33.8 Å². The molecule has 3 nitrogen and oxygen atoms in total. The fraction of sp³-hybridized carbons (Fsp3) is 0.357. The van der Waals surface area contributed by atoms with Crippen LogP contribution in [-0.2, 0) is 13.0 Å². The number of hydrogen-bond donors (Lipinski definition) is 1. The molecule has 2 rings (SSSR count). The van der Waals surface area contributed by atoms with E-state index >= 15 is 0 Å². The number of benzene rings is 1. The van der Waals surface area contributed by atoms with Crippen molar-refractivity contribution in [3.05, 3.63) is 51.5 Å². The first-order valence-corrected chi connectivity index (χ1v) is 7.45. The monoisotopic (exact) mass is 341 g/mol. The number of aryl methyl sites for hydroxylation is 1. The smallest absolute Gasteiger partial charge is 0.110 e. The first kappa shape index (κ1) is 14.6. The van der Waals surface area contributed by atoms with Gasteiger partial charge in [0.2, 0.25) is 0 Å². The van der Waals surface area contributed by atoms with Crippen LogP contribution in [0.1, 0.15) is 24.4 Å². The number of halogens is 2. The zero-order chi connectivity index (χ0) is 13.8. The van der Waals surface area contributed by atoms with Gasteiger partial charge in [0, 0.05) is 40.9 Å². The third kappa shape index (κ3) is 3.38. The first-order valence-electron chi connectivity index (χ1n) is 6.28. The summed E-state index contributed by atoms with van der Waals surface area (Å²) in [5.74, 6) is 1.07. The summed E-state index contributed by atoms with van der Waals surface area (Å²) in [7, 11) is 1.95. The SMILES string of the molecule is CCn1ccnc1CC(NC)c1ccc(Br)cc1Cl. The molecule has 1 heterocycles. The van der Waals surface area contributed by atoms with Gasteiger partial charge in [0.1, 0.15) is 5.82 Å². The van der Waals surface area contributed by atoms with Gasteiger partial charge in [-0.1, -0.05) is 33.6 Å². The quantitative estimate of drug-likeness (QED) is 0.895. The number of likely N-dealkylation sites (N-methyl/N-ethyl adjacent to an activating group) is 1. The van der Waals surface area contributed by atoms with Crippen LogP contribution in [0.15, 0.2) is 35.1 Å². The molecule has 0 aliphatic rings. The average Bonchev–Trinajstić information content (AvgIpc) is 2.84. The molecule has 102 valence electrons. The summed E-state index contributed by atoms with van der Waals surface area (Å²) in [4.78, 5) is 4.42. The number of imidazole rings is 1. The second-order valence-corrected chi connectivity index (χ2v) is 5.66. The van der Waals surface area contributed by atoms with Gasteiger partial charge >= 0.3 is 0 Å². The van der Waals surface area contributed by atoms with Crippen LogP contribution in [-0.4, -0.2) is 16.6 Å². The van der Waals surface area contributed by atoms with Crippen molar-refractivity contribution >= 4 is 27.5 Å². The Labute approximate surface area is 127 Å². The third-order valence-corrected chi connectivity index (χ3v) is 4.04. The summed E-state index contributed by atoms with van der Waals surface area (Å²) < 4.78 is 3.14. The summed E-state index contributed by atoms with van der Waals surface area (Å²) in [6, 6.07) is 6.14. The number of aromatic nitrogens is 2. The zero-order valence-electron chi connectivity index (χ0n) is 11.0. The number of rotatable bonds is 5. The lowest BCUT2D eigenvalue weighted by atomic mass is 10.0. The molecule has 19 heavy (non-hydrogen) atoms. The Morgan fingerprint density at radius 3 is 2.89 bits per heavy atom. The molecular weight excluding hydrogens is 326 g/mol. The largest absolute Gasteiger partial charge is 0.335 e. The van der Waals surface area contributed by atoms with Gasteiger partial charge in [0.25, 0.3) is 0 Å². The number of hydrogen-bond acceptors (Lipinski definition) is 2. The van der Waals surface area contributed by atoms with Crippen LogP contribution in [0.2, 0.25) is 5.02 Å². The van der Waals surface area contributed by atoms with E-state index in [-0.39, 0.29) is 6.04 Å². The molecule has 2 aromatic rings. The highest BCUT2D eigenvalue weighted by atomic mass is 79.9. The van der Waals surface area contributed by atoms with Crippen LogP contribution in [0.3, 0.4) is 0 Å². The van der Waals surface area contributed by atoms with Gasteiger partial charge in [-0.15, -0.1) is 0 Å². The number of nitrogens with one attached hydrogen (secondary N) is 1. The maximum Gasteiger partial charge on any atom is 0.110 e. The molecule has 0 radical (unpaired) electrons. The van der Waals surface area contributed by atoms with E-state index in [1.54, 1.807) is 0 Å². The minimum Gasteiger partial charge on any atom is -0.335 e. The Bertz CT molecular complexity index is 553. The maximum atomic E-state index is 6.32. The highest BCUT2D eigenvalue weighted by molar-refractivity contribution is 9.10. The van der Waals surface area contributed by atoms with Crippen molar-refractivity contribution in [2.45, 2.75) is 25.9 Å². The Morgan fingerprint density at radius 2 is 2.26 bits per heavy atom. The van der Waals surface area contributed by atoms with E-state index in [4.69, 9.17) is 11.6 Å². The second-order valence-electron chi connectivity index (χ2n) is 4.34. The van der Waals surface area contributed by atoms with E-state index in [9.17, 15) is 0 Å². The molecule has 0 saturated heterocycles. The molecule has 0 aliphatic carbocycles. The molecule has 0 fully saturated rings. The minimum atomic E-state index is 0.160. The third-order valence-electron chi connectivity index (χ3n) is 3.22. The lowest BCUT2D eigenvalue weighted by molar-refractivity contribution is 0.553. The number of nitrogens with zero attached hydrogens (tertiary/aromatic N) is 2. The molecular formula is C14H17BrClN3. The molecule has 1 atom stereocenters. The Balaban J connectivity index is 2.25. The molecule has 5 heteroatoms. The van der Waals surface area contributed by atoms with Crippen LogP contribution in [0.4, 0.5) is 0 Å². The van der Waals surface area contributed by atoms with Crippen LogP contribution < -0.4 is 5.32 Å². The molecule has 0 bridgehead atoms. The van der Waals surface area contributed by atoms with Crippen molar-refractivity contribution in [2.75, 3.05) is 7.05 Å². The predicted octanol–water partition coefficient (Wildman–Crippen LogP) is 3.82. The molecule has 0 amide bonds. The molecule has 1 aromatic heterocycles. The Hall–Kier alpha value is -0.840. The molecule has 0 aliphatic heterocycles. The normalized spacial score (nSPS) is 12.6. The summed E-state index contributed by atoms with van der Waals surface area (Å²) in [6.45, 7) is 3.05. The van der Waals surface area contributed by atoms with Gasteiger partial charge in [0.05, 0.1) is 0 Å². The topological polar surface area (TPSA) is 29.9 Å². The lowest BCUT2D eigenvalue weighted by Gasteiger charge is -2.18. The molecule has 1 N–H and O–H groups in total. The van der Waals surface area contributed by atoms with Crippen LogP contribution in [0, 0.1) is 0 Å². The van der Waals surface area contributed by atoms with E-state index < -0.39 is 0 Å². The van der Waals surface area contributed by atoms with Gasteiger partial charge in [0.15, 0.2) is 0 Å². The van der Waals surface area contributed by atoms with Crippen LogP contribution in [0.5, 0.6) is 0 Å². The van der Waals surface area contributed by atoms with Crippen molar-refractivity contribution < 1.29 is 0 Å². The van der Waals surface area contributed by atoms with Crippen molar-refractivity contribution in [3.8, 4) is 0 Å². The molecule has 0 spiro atoms. The fourth-order valence-electron chi connectivity index (χ4n) is 2.15. The predicted molar refractivity (Wildman–Crippen MR) is 82.6 cm³/mol. The molecule has 1 unspecified atom stereocenters. The highest BCUT2D eigenvalue weighted by Crippen LogP contribution is 2.28. The van der Waals surface area contributed by atoms with Crippen LogP contribution in [0.25, 0.3) is 0 Å². The standard InChI is InChI=1S/C14H17BrClN3/c1-3-19-7-6-18-14(19)9-13(17-2)11-5-4-10(15)8-12(11)16/h4-8,13,17H,3,9H2,1-2H3. The Kier molecular flexibility index (Phi) is 5.02. The maximum absolute atomic E-state index is 6.32. The average molecular weight is 343 g/mol. The van der Waals surface area contributed by atoms with Crippen molar-refractivity contribution in [1.29, 1.82) is 0 Å². The second kappa shape index (κ2) is 6.55. The summed E-state index contributed by atoms with van der Waals surface area (Å²) in [5, 5.41) is 4.08. The summed E-state index contributed by atoms with van der Waals surface area (Å²) in [6.07, 6.45) is 4.67. The molecule has 1 aromatic carbocycles.